The number of nitrogens with one attached hydrogen (secondary N) is 1. The number of anilines is 3. The highest BCUT2D eigenvalue weighted by molar-refractivity contribution is 6.31. The quantitative estimate of drug-likeness (QED) is 0.335. The topological polar surface area (TPSA) is 107 Å². The summed E-state index contributed by atoms with van der Waals surface area (Å²) in [5.41, 5.74) is 2.15. The molecule has 0 aromatic heterocycles. The minimum absolute atomic E-state index is 0.109. The second-order valence-electron chi connectivity index (χ2n) is 10.9. The van der Waals surface area contributed by atoms with Gasteiger partial charge in [0, 0.05) is 24.7 Å². The molecule has 1 N–H and O–H groups in total. The second-order valence-corrected chi connectivity index (χ2v) is 11.3. The molecule has 1 saturated heterocycles. The lowest BCUT2D eigenvalue weighted by atomic mass is 10.1. The maximum Gasteiger partial charge on any atom is 0.417 e. The van der Waals surface area contributed by atoms with Gasteiger partial charge in [0.25, 0.3) is 5.91 Å². The van der Waals surface area contributed by atoms with Crippen molar-refractivity contribution in [3.63, 3.8) is 0 Å². The van der Waals surface area contributed by atoms with Crippen LogP contribution in [-0.2, 0) is 18.9 Å². The number of fused-ring (bicyclic) bond motifs is 2. The smallest absolute Gasteiger partial charge is 0.417 e. The van der Waals surface area contributed by atoms with E-state index in [1.54, 1.807) is 43.9 Å². The van der Waals surface area contributed by atoms with Crippen molar-refractivity contribution in [2.45, 2.75) is 64.8 Å². The standard InChI is InChI=1S/C30H38ClN3O7/c1-30(2,3)41-29(37)32-28(36)40-18-9-7-15-33-23-10-4-5-11-24(23)34(16-19-39-26-12-6-8-17-38-26)27(35)22-14-13-21(31)20-25(22)33/h4-5,10-11,13-14,20,26H,6-9,12,15-19H2,1-3H3,(H,32,36,37). The number of alkyl carbamates (subject to hydrolysis) is 2. The van der Waals surface area contributed by atoms with Crippen LogP contribution in [0.5, 0.6) is 0 Å². The number of rotatable bonds is 9. The van der Waals surface area contributed by atoms with E-state index in [1.807, 2.05) is 24.3 Å². The number of hydrogen-bond donors (Lipinski definition) is 1. The van der Waals surface area contributed by atoms with Gasteiger partial charge in [0.15, 0.2) is 6.29 Å². The first-order chi connectivity index (χ1) is 19.6. The molecule has 2 aromatic carbocycles. The van der Waals surface area contributed by atoms with Gasteiger partial charge in [-0.15, -0.1) is 0 Å². The van der Waals surface area contributed by atoms with Gasteiger partial charge in [0.1, 0.15) is 5.60 Å². The van der Waals surface area contributed by atoms with Crippen LogP contribution < -0.4 is 15.1 Å². The predicted molar refractivity (Wildman–Crippen MR) is 156 cm³/mol. The van der Waals surface area contributed by atoms with Gasteiger partial charge in [-0.25, -0.2) is 14.9 Å². The predicted octanol–water partition coefficient (Wildman–Crippen LogP) is 6.42. The van der Waals surface area contributed by atoms with E-state index in [4.69, 9.17) is 30.5 Å². The molecule has 2 aliphatic rings. The summed E-state index contributed by atoms with van der Waals surface area (Å²) in [6, 6.07) is 13.0. The molecule has 2 aromatic rings. The molecule has 222 valence electrons. The van der Waals surface area contributed by atoms with Crippen LogP contribution in [0.4, 0.5) is 26.7 Å². The van der Waals surface area contributed by atoms with Crippen LogP contribution >= 0.6 is 11.6 Å². The van der Waals surface area contributed by atoms with Gasteiger partial charge in [0.2, 0.25) is 0 Å². The van der Waals surface area contributed by atoms with Crippen molar-refractivity contribution in [2.24, 2.45) is 0 Å². The molecule has 1 fully saturated rings. The number of unbranched alkanes of at least 4 members (excludes halogenated alkanes) is 1. The van der Waals surface area contributed by atoms with Crippen molar-refractivity contribution in [3.8, 4) is 0 Å². The second kappa shape index (κ2) is 14.0. The number of carbonyl (C=O) groups excluding carboxylic acids is 3. The van der Waals surface area contributed by atoms with E-state index in [-0.39, 0.29) is 18.8 Å². The summed E-state index contributed by atoms with van der Waals surface area (Å²) in [7, 11) is 0. The number of hydrogen-bond acceptors (Lipinski definition) is 8. The van der Waals surface area contributed by atoms with Crippen LogP contribution in [0, 0.1) is 0 Å². The van der Waals surface area contributed by atoms with E-state index in [9.17, 15) is 14.4 Å². The molecule has 0 saturated carbocycles. The zero-order valence-electron chi connectivity index (χ0n) is 23.8. The summed E-state index contributed by atoms with van der Waals surface area (Å²) in [6.07, 6.45) is 2.17. The summed E-state index contributed by atoms with van der Waals surface area (Å²) < 4.78 is 21.9. The first-order valence-electron chi connectivity index (χ1n) is 14.0. The van der Waals surface area contributed by atoms with E-state index >= 15 is 0 Å². The van der Waals surface area contributed by atoms with E-state index in [0.717, 1.165) is 30.6 Å². The number of ether oxygens (including phenoxy) is 4. The molecule has 2 aliphatic heterocycles. The van der Waals surface area contributed by atoms with Crippen molar-refractivity contribution in [1.82, 2.24) is 5.32 Å². The monoisotopic (exact) mass is 587 g/mol. The highest BCUT2D eigenvalue weighted by Crippen LogP contribution is 2.41. The molecule has 1 atom stereocenters. The molecular weight excluding hydrogens is 550 g/mol. The number of nitrogens with zero attached hydrogens (tertiary/aromatic N) is 2. The van der Waals surface area contributed by atoms with Gasteiger partial charge in [0.05, 0.1) is 35.8 Å². The zero-order chi connectivity index (χ0) is 29.4. The van der Waals surface area contributed by atoms with Gasteiger partial charge in [-0.2, -0.15) is 0 Å². The summed E-state index contributed by atoms with van der Waals surface area (Å²) in [5, 5.41) is 2.58. The number of para-hydroxylation sites is 2. The molecular formula is C30H38ClN3O7. The Morgan fingerprint density at radius 1 is 0.976 bits per heavy atom. The van der Waals surface area contributed by atoms with Gasteiger partial charge in [-0.05, 0) is 83.2 Å². The molecule has 4 rings (SSSR count). The van der Waals surface area contributed by atoms with E-state index in [1.165, 1.54) is 0 Å². The van der Waals surface area contributed by atoms with Crippen LogP contribution in [0.1, 0.15) is 63.2 Å². The molecule has 41 heavy (non-hydrogen) atoms. The van der Waals surface area contributed by atoms with Crippen molar-refractivity contribution < 1.29 is 33.3 Å². The van der Waals surface area contributed by atoms with Crippen molar-refractivity contribution >= 4 is 46.8 Å². The summed E-state index contributed by atoms with van der Waals surface area (Å²) >= 11 is 6.39. The van der Waals surface area contributed by atoms with Crippen LogP contribution in [-0.4, -0.2) is 62.9 Å². The summed E-state index contributed by atoms with van der Waals surface area (Å²) in [4.78, 5) is 41.4. The molecule has 0 spiro atoms. The lowest BCUT2D eigenvalue weighted by Gasteiger charge is -2.28. The molecule has 2 heterocycles. The summed E-state index contributed by atoms with van der Waals surface area (Å²) in [6.45, 7) is 7.17. The van der Waals surface area contributed by atoms with Gasteiger partial charge in [-0.1, -0.05) is 23.7 Å². The van der Waals surface area contributed by atoms with Gasteiger partial charge in [-0.3, -0.25) is 4.79 Å². The molecule has 3 amide bonds. The average molecular weight is 588 g/mol. The number of amides is 3. The van der Waals surface area contributed by atoms with Crippen LogP contribution in [0.2, 0.25) is 5.02 Å². The third-order valence-corrected chi connectivity index (χ3v) is 6.79. The Morgan fingerprint density at radius 2 is 1.73 bits per heavy atom. The average Bonchev–Trinajstić information content (AvgIpc) is 3.01. The van der Waals surface area contributed by atoms with Gasteiger partial charge < -0.3 is 28.7 Å². The SMILES string of the molecule is CC(C)(C)OC(=O)NC(=O)OCCCCN1c2cc(Cl)ccc2C(=O)N(CCOC2CCCCO2)c2ccccc21. The van der Waals surface area contributed by atoms with E-state index in [0.29, 0.717) is 55.4 Å². The lowest BCUT2D eigenvalue weighted by Crippen LogP contribution is -2.36. The fraction of sp³-hybridized carbons (Fsp3) is 0.500. The van der Waals surface area contributed by atoms with Crippen LogP contribution in [0.3, 0.4) is 0 Å². The Morgan fingerprint density at radius 3 is 2.44 bits per heavy atom. The Kier molecular flexibility index (Phi) is 10.5. The maximum atomic E-state index is 13.8. The number of imide groups is 1. The Labute approximate surface area is 245 Å². The molecule has 11 heteroatoms. The van der Waals surface area contributed by atoms with E-state index < -0.39 is 17.8 Å². The zero-order valence-corrected chi connectivity index (χ0v) is 24.6. The number of benzene rings is 2. The van der Waals surface area contributed by atoms with Crippen LogP contribution in [0.25, 0.3) is 0 Å². The maximum absolute atomic E-state index is 13.8. The van der Waals surface area contributed by atoms with Crippen LogP contribution in [0.15, 0.2) is 42.5 Å². The molecule has 0 aliphatic carbocycles. The molecule has 0 radical (unpaired) electrons. The molecule has 0 bridgehead atoms. The van der Waals surface area contributed by atoms with Crippen molar-refractivity contribution in [3.05, 3.63) is 53.1 Å². The molecule has 1 unspecified atom stereocenters. The van der Waals surface area contributed by atoms with Gasteiger partial charge >= 0.3 is 12.2 Å². The highest BCUT2D eigenvalue weighted by Gasteiger charge is 2.31. The van der Waals surface area contributed by atoms with Crippen molar-refractivity contribution in [1.29, 1.82) is 0 Å². The minimum Gasteiger partial charge on any atom is -0.449 e. The molecule has 10 nitrogen and oxygen atoms in total. The fourth-order valence-corrected chi connectivity index (χ4v) is 4.92. The van der Waals surface area contributed by atoms with E-state index in [2.05, 4.69) is 10.2 Å². The first kappa shape index (κ1) is 30.6. The first-order valence-corrected chi connectivity index (χ1v) is 14.4. The third kappa shape index (κ3) is 8.58. The minimum atomic E-state index is -0.862. The Balaban J connectivity index is 1.42. The Bertz CT molecular complexity index is 1230. The van der Waals surface area contributed by atoms with Crippen molar-refractivity contribution in [2.75, 3.05) is 42.7 Å². The number of halogens is 1. The number of carbonyl (C=O) groups is 3. The normalized spacial score (nSPS) is 16.9. The summed E-state index contributed by atoms with van der Waals surface area (Å²) in [5.74, 6) is -0.137. The largest absolute Gasteiger partial charge is 0.449 e. The third-order valence-electron chi connectivity index (χ3n) is 6.56. The fourth-order valence-electron chi connectivity index (χ4n) is 4.76. The Hall–Kier alpha value is -3.34. The lowest BCUT2D eigenvalue weighted by molar-refractivity contribution is -0.160. The highest BCUT2D eigenvalue weighted by atomic mass is 35.5.